The molecule has 0 fully saturated rings. The summed E-state index contributed by atoms with van der Waals surface area (Å²) in [6, 6.07) is 14.3. The lowest BCUT2D eigenvalue weighted by Gasteiger charge is -2.21. The van der Waals surface area contributed by atoms with Crippen molar-refractivity contribution in [2.24, 2.45) is 0 Å². The molecule has 2 N–H and O–H groups in total. The number of nitrogens with one attached hydrogen (secondary N) is 1. The van der Waals surface area contributed by atoms with Gasteiger partial charge >= 0.3 is 0 Å². The van der Waals surface area contributed by atoms with Crippen molar-refractivity contribution in [1.29, 1.82) is 0 Å². The Morgan fingerprint density at radius 2 is 1.82 bits per heavy atom. The zero-order valence-electron chi connectivity index (χ0n) is 9.47. The maximum absolute atomic E-state index is 9.59. The monoisotopic (exact) mass is 243 g/mol. The van der Waals surface area contributed by atoms with E-state index in [4.69, 9.17) is 0 Å². The highest BCUT2D eigenvalue weighted by Crippen LogP contribution is 2.44. The molecular weight excluding hydrogens is 230 g/mol. The number of hydrogen-bond acceptors (Lipinski definition) is 3. The third kappa shape index (κ3) is 1.92. The fraction of sp³-hybridized carbons (Fsp3) is 0.143. The van der Waals surface area contributed by atoms with Crippen LogP contribution in [0.15, 0.2) is 52.3 Å². The maximum Gasteiger partial charge on any atom is 0.0762 e. The van der Waals surface area contributed by atoms with Crippen LogP contribution in [0.5, 0.6) is 0 Å². The lowest BCUT2D eigenvalue weighted by Crippen LogP contribution is -2.01. The number of benzene rings is 2. The zero-order chi connectivity index (χ0) is 11.8. The Bertz CT molecular complexity index is 566. The number of anilines is 2. The van der Waals surface area contributed by atoms with Crippen LogP contribution in [0.1, 0.15) is 18.6 Å². The largest absolute Gasteiger partial charge is 0.389 e. The van der Waals surface area contributed by atoms with E-state index in [1.165, 1.54) is 9.79 Å². The minimum atomic E-state index is -0.427. The van der Waals surface area contributed by atoms with Crippen LogP contribution in [0.3, 0.4) is 0 Å². The van der Waals surface area contributed by atoms with Gasteiger partial charge in [0.05, 0.1) is 17.5 Å². The lowest BCUT2D eigenvalue weighted by atomic mass is 10.1. The molecule has 0 amide bonds. The van der Waals surface area contributed by atoms with E-state index in [1.54, 1.807) is 18.7 Å². The van der Waals surface area contributed by atoms with Crippen LogP contribution >= 0.6 is 11.8 Å². The molecule has 0 spiro atoms. The molecule has 1 aliphatic rings. The number of aliphatic hydroxyl groups is 1. The second kappa shape index (κ2) is 4.09. The number of rotatable bonds is 1. The molecule has 86 valence electrons. The summed E-state index contributed by atoms with van der Waals surface area (Å²) in [7, 11) is 0. The van der Waals surface area contributed by atoms with Gasteiger partial charge in [-0.05, 0) is 36.8 Å². The molecule has 0 unspecified atom stereocenters. The first-order chi connectivity index (χ1) is 8.24. The molecular formula is C14H13NOS. The Morgan fingerprint density at radius 3 is 2.65 bits per heavy atom. The lowest BCUT2D eigenvalue weighted by molar-refractivity contribution is 0.199. The van der Waals surface area contributed by atoms with Crippen LogP contribution in [0.25, 0.3) is 0 Å². The van der Waals surface area contributed by atoms with Crippen molar-refractivity contribution in [3.8, 4) is 0 Å². The standard InChI is InChI=1S/C14H13NOS/c1-9(16)10-6-7-14-12(8-10)15-11-4-2-3-5-13(11)17-14/h2-9,15-16H,1H3/t9-/m0/s1. The Kier molecular flexibility index (Phi) is 2.57. The molecule has 1 aliphatic heterocycles. The molecule has 17 heavy (non-hydrogen) atoms. The average molecular weight is 243 g/mol. The number of aliphatic hydroxyl groups excluding tert-OH is 1. The molecule has 0 radical (unpaired) electrons. The SMILES string of the molecule is C[C@H](O)c1ccc2c(c1)Nc1ccccc1S2. The van der Waals surface area contributed by atoms with Crippen molar-refractivity contribution in [1.82, 2.24) is 0 Å². The van der Waals surface area contributed by atoms with E-state index in [-0.39, 0.29) is 0 Å². The molecule has 2 aromatic rings. The Balaban J connectivity index is 2.03. The van der Waals surface area contributed by atoms with Gasteiger partial charge in [0.25, 0.3) is 0 Å². The number of hydrogen-bond donors (Lipinski definition) is 2. The van der Waals surface area contributed by atoms with Gasteiger partial charge in [0.2, 0.25) is 0 Å². The highest BCUT2D eigenvalue weighted by molar-refractivity contribution is 7.99. The van der Waals surface area contributed by atoms with Gasteiger partial charge in [0.1, 0.15) is 0 Å². The second-order valence-electron chi connectivity index (χ2n) is 4.15. The quantitative estimate of drug-likeness (QED) is 0.678. The summed E-state index contributed by atoms with van der Waals surface area (Å²) in [4.78, 5) is 2.44. The normalized spacial score (nSPS) is 14.5. The fourth-order valence-electron chi connectivity index (χ4n) is 1.92. The van der Waals surface area contributed by atoms with Gasteiger partial charge in [0, 0.05) is 9.79 Å². The Labute approximate surface area is 105 Å². The van der Waals surface area contributed by atoms with E-state index >= 15 is 0 Å². The van der Waals surface area contributed by atoms with Crippen molar-refractivity contribution in [3.05, 3.63) is 48.0 Å². The van der Waals surface area contributed by atoms with Gasteiger partial charge in [-0.25, -0.2) is 0 Å². The molecule has 1 atom stereocenters. The van der Waals surface area contributed by atoms with E-state index < -0.39 is 6.10 Å². The highest BCUT2D eigenvalue weighted by Gasteiger charge is 2.15. The Morgan fingerprint density at radius 1 is 1.06 bits per heavy atom. The predicted octanol–water partition coefficient (Wildman–Crippen LogP) is 3.95. The van der Waals surface area contributed by atoms with Crippen molar-refractivity contribution < 1.29 is 5.11 Å². The van der Waals surface area contributed by atoms with Crippen LogP contribution in [0.2, 0.25) is 0 Å². The molecule has 0 aliphatic carbocycles. The van der Waals surface area contributed by atoms with E-state index in [1.807, 2.05) is 24.3 Å². The smallest absolute Gasteiger partial charge is 0.0762 e. The van der Waals surface area contributed by atoms with Crippen LogP contribution in [-0.2, 0) is 0 Å². The van der Waals surface area contributed by atoms with Gasteiger partial charge in [-0.1, -0.05) is 30.0 Å². The fourth-order valence-corrected chi connectivity index (χ4v) is 2.89. The van der Waals surface area contributed by atoms with Crippen molar-refractivity contribution in [2.75, 3.05) is 5.32 Å². The van der Waals surface area contributed by atoms with E-state index in [2.05, 4.69) is 23.5 Å². The molecule has 0 aromatic heterocycles. The van der Waals surface area contributed by atoms with Gasteiger partial charge in [0.15, 0.2) is 0 Å². The third-order valence-corrected chi connectivity index (χ3v) is 4.01. The molecule has 0 saturated heterocycles. The van der Waals surface area contributed by atoms with Gasteiger partial charge in [-0.3, -0.25) is 0 Å². The van der Waals surface area contributed by atoms with Crippen LogP contribution in [0.4, 0.5) is 11.4 Å². The highest BCUT2D eigenvalue weighted by atomic mass is 32.2. The minimum absolute atomic E-state index is 0.427. The maximum atomic E-state index is 9.59. The summed E-state index contributed by atoms with van der Waals surface area (Å²) in [6.07, 6.45) is -0.427. The molecule has 0 saturated carbocycles. The van der Waals surface area contributed by atoms with Crippen LogP contribution in [-0.4, -0.2) is 5.11 Å². The number of para-hydroxylation sites is 1. The summed E-state index contributed by atoms with van der Waals surface area (Å²) in [5, 5.41) is 13.0. The predicted molar refractivity (Wildman–Crippen MR) is 70.9 cm³/mol. The topological polar surface area (TPSA) is 32.3 Å². The zero-order valence-corrected chi connectivity index (χ0v) is 10.3. The van der Waals surface area contributed by atoms with Gasteiger partial charge in [-0.15, -0.1) is 0 Å². The van der Waals surface area contributed by atoms with Gasteiger partial charge < -0.3 is 10.4 Å². The first-order valence-electron chi connectivity index (χ1n) is 5.60. The summed E-state index contributed by atoms with van der Waals surface area (Å²) in [5.74, 6) is 0. The Hall–Kier alpha value is -1.45. The second-order valence-corrected chi connectivity index (χ2v) is 5.24. The van der Waals surface area contributed by atoms with Crippen molar-refractivity contribution >= 4 is 23.1 Å². The molecule has 1 heterocycles. The molecule has 2 aromatic carbocycles. The number of fused-ring (bicyclic) bond motifs is 2. The summed E-state index contributed by atoms with van der Waals surface area (Å²) >= 11 is 1.76. The van der Waals surface area contributed by atoms with Crippen LogP contribution in [0, 0.1) is 0 Å². The average Bonchev–Trinajstić information content (AvgIpc) is 2.35. The summed E-state index contributed by atoms with van der Waals surface area (Å²) in [5.41, 5.74) is 3.15. The van der Waals surface area contributed by atoms with E-state index in [0.717, 1.165) is 16.9 Å². The van der Waals surface area contributed by atoms with E-state index in [0.29, 0.717) is 0 Å². The molecule has 2 nitrogen and oxygen atoms in total. The summed E-state index contributed by atoms with van der Waals surface area (Å²) in [6.45, 7) is 1.78. The third-order valence-electron chi connectivity index (χ3n) is 2.86. The van der Waals surface area contributed by atoms with Gasteiger partial charge in [-0.2, -0.15) is 0 Å². The van der Waals surface area contributed by atoms with Crippen LogP contribution < -0.4 is 5.32 Å². The summed E-state index contributed by atoms with van der Waals surface area (Å²) < 4.78 is 0. The molecule has 3 rings (SSSR count). The first kappa shape index (κ1) is 10.7. The molecule has 3 heteroatoms. The van der Waals surface area contributed by atoms with Crippen molar-refractivity contribution in [3.63, 3.8) is 0 Å². The minimum Gasteiger partial charge on any atom is -0.389 e. The molecule has 0 bridgehead atoms. The first-order valence-corrected chi connectivity index (χ1v) is 6.41. The van der Waals surface area contributed by atoms with E-state index in [9.17, 15) is 5.11 Å². The van der Waals surface area contributed by atoms with Crippen molar-refractivity contribution in [2.45, 2.75) is 22.8 Å².